The minimum absolute atomic E-state index is 0.185. The third-order valence-electron chi connectivity index (χ3n) is 5.27. The Morgan fingerprint density at radius 1 is 1.09 bits per heavy atom. The zero-order valence-corrected chi connectivity index (χ0v) is 20.2. The van der Waals surface area contributed by atoms with Crippen molar-refractivity contribution in [2.75, 3.05) is 6.61 Å². The van der Waals surface area contributed by atoms with Gasteiger partial charge in [-0.3, -0.25) is 9.59 Å². The van der Waals surface area contributed by atoms with Crippen LogP contribution in [0.1, 0.15) is 56.4 Å². The van der Waals surface area contributed by atoms with E-state index in [-0.39, 0.29) is 30.8 Å². The summed E-state index contributed by atoms with van der Waals surface area (Å²) in [6.07, 6.45) is 0.442. The van der Waals surface area contributed by atoms with Crippen LogP contribution in [-0.4, -0.2) is 34.9 Å². The van der Waals surface area contributed by atoms with Crippen LogP contribution in [0, 0.1) is 26.6 Å². The Balaban J connectivity index is 2.28. The minimum Gasteiger partial charge on any atom is -0.483 e. The summed E-state index contributed by atoms with van der Waals surface area (Å²) in [4.78, 5) is 27.8. The second-order valence-electron chi connectivity index (χ2n) is 9.31. The maximum atomic E-state index is 13.4. The first-order chi connectivity index (χ1) is 14.9. The predicted molar refractivity (Wildman–Crippen MR) is 125 cm³/mol. The van der Waals surface area contributed by atoms with Gasteiger partial charge in [0.15, 0.2) is 6.61 Å². The second-order valence-corrected chi connectivity index (χ2v) is 9.31. The van der Waals surface area contributed by atoms with E-state index in [2.05, 4.69) is 11.4 Å². The molecule has 2 aromatic carbocycles. The lowest BCUT2D eigenvalue weighted by atomic mass is 10.1. The van der Waals surface area contributed by atoms with Crippen LogP contribution in [-0.2, 0) is 16.1 Å². The van der Waals surface area contributed by atoms with Crippen molar-refractivity contribution in [3.8, 4) is 5.75 Å². The molecular formula is C26H35FN2O3. The average Bonchev–Trinajstić information content (AvgIpc) is 2.69. The van der Waals surface area contributed by atoms with Gasteiger partial charge in [0, 0.05) is 12.1 Å². The first-order valence-corrected chi connectivity index (χ1v) is 11.0. The number of amides is 2. The topological polar surface area (TPSA) is 58.6 Å². The smallest absolute Gasteiger partial charge is 0.261 e. The second kappa shape index (κ2) is 10.6. The highest BCUT2D eigenvalue weighted by Gasteiger charge is 2.31. The molecule has 0 heterocycles. The molecule has 1 N–H and O–H groups in total. The first-order valence-electron chi connectivity index (χ1n) is 11.0. The van der Waals surface area contributed by atoms with Crippen molar-refractivity contribution < 1.29 is 18.7 Å². The van der Waals surface area contributed by atoms with Gasteiger partial charge in [0.25, 0.3) is 5.91 Å². The molecular weight excluding hydrogens is 407 g/mol. The molecule has 0 radical (unpaired) electrons. The molecule has 1 unspecified atom stereocenters. The van der Waals surface area contributed by atoms with Crippen molar-refractivity contribution >= 4 is 11.8 Å². The summed E-state index contributed by atoms with van der Waals surface area (Å²) in [5, 5.41) is 2.96. The summed E-state index contributed by atoms with van der Waals surface area (Å²) in [6.45, 7) is 13.5. The molecule has 0 spiro atoms. The van der Waals surface area contributed by atoms with Crippen LogP contribution in [0.25, 0.3) is 0 Å². The molecule has 0 fully saturated rings. The van der Waals surface area contributed by atoms with E-state index < -0.39 is 11.6 Å². The average molecular weight is 443 g/mol. The highest BCUT2D eigenvalue weighted by molar-refractivity contribution is 5.88. The zero-order valence-electron chi connectivity index (χ0n) is 20.2. The standard InChI is InChI=1S/C26H35FN2O3/c1-8-22(25(31)28-26(5,6)7)29(15-20-9-11-21(27)12-10-20)24(30)16-32-23-14-17(2)13-18(3)19(23)4/h9-14,22H,8,15-16H2,1-7H3,(H,28,31). The van der Waals surface area contributed by atoms with Gasteiger partial charge in [0.05, 0.1) is 0 Å². The molecule has 0 aliphatic rings. The van der Waals surface area contributed by atoms with Crippen molar-refractivity contribution in [1.29, 1.82) is 0 Å². The van der Waals surface area contributed by atoms with Gasteiger partial charge < -0.3 is 15.0 Å². The Morgan fingerprint density at radius 2 is 1.72 bits per heavy atom. The summed E-state index contributed by atoms with van der Waals surface area (Å²) in [5.41, 5.74) is 3.43. The highest BCUT2D eigenvalue weighted by atomic mass is 19.1. The van der Waals surface area contributed by atoms with Crippen molar-refractivity contribution in [3.05, 3.63) is 64.5 Å². The van der Waals surface area contributed by atoms with Crippen LogP contribution in [0.5, 0.6) is 5.75 Å². The molecule has 0 bridgehead atoms. The maximum absolute atomic E-state index is 13.4. The Hall–Kier alpha value is -2.89. The summed E-state index contributed by atoms with van der Waals surface area (Å²) < 4.78 is 19.3. The van der Waals surface area contributed by atoms with Crippen molar-refractivity contribution in [1.82, 2.24) is 10.2 Å². The number of nitrogens with one attached hydrogen (secondary N) is 1. The Morgan fingerprint density at radius 3 is 2.28 bits per heavy atom. The van der Waals surface area contributed by atoms with Gasteiger partial charge in [0.1, 0.15) is 17.6 Å². The number of carbonyl (C=O) groups is 2. The number of benzene rings is 2. The number of halogens is 1. The molecule has 0 aliphatic carbocycles. The Bertz CT molecular complexity index is 949. The minimum atomic E-state index is -0.671. The predicted octanol–water partition coefficient (Wildman–Crippen LogP) is 4.85. The fourth-order valence-electron chi connectivity index (χ4n) is 3.53. The molecule has 2 amide bonds. The third kappa shape index (κ3) is 7.08. The lowest BCUT2D eigenvalue weighted by Gasteiger charge is -2.33. The van der Waals surface area contributed by atoms with E-state index >= 15 is 0 Å². The maximum Gasteiger partial charge on any atom is 0.261 e. The van der Waals surface area contributed by atoms with E-state index in [1.54, 1.807) is 12.1 Å². The molecule has 0 aromatic heterocycles. The zero-order chi connectivity index (χ0) is 24.1. The summed E-state index contributed by atoms with van der Waals surface area (Å²) >= 11 is 0. The monoisotopic (exact) mass is 442 g/mol. The van der Waals surface area contributed by atoms with Gasteiger partial charge in [-0.25, -0.2) is 4.39 Å². The van der Waals surface area contributed by atoms with Gasteiger partial charge >= 0.3 is 0 Å². The van der Waals surface area contributed by atoms with Crippen LogP contribution in [0.2, 0.25) is 0 Å². The lowest BCUT2D eigenvalue weighted by Crippen LogP contribution is -2.54. The van der Waals surface area contributed by atoms with Crippen molar-refractivity contribution in [3.63, 3.8) is 0 Å². The Kier molecular flexibility index (Phi) is 8.42. The number of hydrogen-bond acceptors (Lipinski definition) is 3. The molecule has 0 saturated carbocycles. The molecule has 174 valence electrons. The number of rotatable bonds is 8. The van der Waals surface area contributed by atoms with E-state index in [1.807, 2.05) is 54.5 Å². The van der Waals surface area contributed by atoms with Gasteiger partial charge in [-0.2, -0.15) is 0 Å². The fraction of sp³-hybridized carbons (Fsp3) is 0.462. The number of hydrogen-bond donors (Lipinski definition) is 1. The molecule has 2 rings (SSSR count). The fourth-order valence-corrected chi connectivity index (χ4v) is 3.53. The highest BCUT2D eigenvalue weighted by Crippen LogP contribution is 2.24. The lowest BCUT2D eigenvalue weighted by molar-refractivity contribution is -0.143. The van der Waals surface area contributed by atoms with Gasteiger partial charge in [-0.1, -0.05) is 25.1 Å². The molecule has 6 heteroatoms. The van der Waals surface area contributed by atoms with E-state index in [4.69, 9.17) is 4.74 Å². The van der Waals surface area contributed by atoms with Crippen LogP contribution in [0.4, 0.5) is 4.39 Å². The quantitative estimate of drug-likeness (QED) is 0.636. The van der Waals surface area contributed by atoms with Crippen LogP contribution < -0.4 is 10.1 Å². The van der Waals surface area contributed by atoms with Crippen LogP contribution >= 0.6 is 0 Å². The van der Waals surface area contributed by atoms with Crippen molar-refractivity contribution in [2.45, 2.75) is 73.0 Å². The van der Waals surface area contributed by atoms with E-state index in [0.717, 1.165) is 22.3 Å². The molecule has 0 saturated heterocycles. The molecule has 2 aromatic rings. The third-order valence-corrected chi connectivity index (χ3v) is 5.27. The number of nitrogens with zero attached hydrogens (tertiary/aromatic N) is 1. The largest absolute Gasteiger partial charge is 0.483 e. The van der Waals surface area contributed by atoms with Crippen LogP contribution in [0.3, 0.4) is 0 Å². The molecule has 32 heavy (non-hydrogen) atoms. The molecule has 5 nitrogen and oxygen atoms in total. The number of aryl methyl sites for hydroxylation is 2. The normalized spacial score (nSPS) is 12.2. The SMILES string of the molecule is CCC(C(=O)NC(C)(C)C)N(Cc1ccc(F)cc1)C(=O)COc1cc(C)cc(C)c1C. The number of carbonyl (C=O) groups excluding carboxylic acids is 2. The van der Waals surface area contributed by atoms with Gasteiger partial charge in [-0.15, -0.1) is 0 Å². The van der Waals surface area contributed by atoms with E-state index in [1.165, 1.54) is 17.0 Å². The summed E-state index contributed by atoms with van der Waals surface area (Å²) in [6, 6.07) is 9.25. The molecule has 1 atom stereocenters. The van der Waals surface area contributed by atoms with Crippen molar-refractivity contribution in [2.24, 2.45) is 0 Å². The first kappa shape index (κ1) is 25.4. The summed E-state index contributed by atoms with van der Waals surface area (Å²) in [7, 11) is 0. The molecule has 0 aliphatic heterocycles. The summed E-state index contributed by atoms with van der Waals surface area (Å²) in [5.74, 6) is -0.218. The van der Waals surface area contributed by atoms with Crippen LogP contribution in [0.15, 0.2) is 36.4 Å². The van der Waals surface area contributed by atoms with E-state index in [9.17, 15) is 14.0 Å². The van der Waals surface area contributed by atoms with Gasteiger partial charge in [-0.05, 0) is 88.4 Å². The van der Waals surface area contributed by atoms with E-state index in [0.29, 0.717) is 12.2 Å². The van der Waals surface area contributed by atoms with Gasteiger partial charge in [0.2, 0.25) is 5.91 Å². The number of ether oxygens (including phenoxy) is 1. The Labute approximate surface area is 191 Å².